The van der Waals surface area contributed by atoms with Crippen molar-refractivity contribution in [3.63, 3.8) is 0 Å². The number of rotatable bonds is 5. The Labute approximate surface area is 110 Å². The summed E-state index contributed by atoms with van der Waals surface area (Å²) in [5, 5.41) is 4.86. The van der Waals surface area contributed by atoms with Crippen molar-refractivity contribution >= 4 is 22.9 Å². The van der Waals surface area contributed by atoms with Gasteiger partial charge in [-0.15, -0.1) is 11.3 Å². The zero-order valence-electron chi connectivity index (χ0n) is 9.93. The Morgan fingerprint density at radius 2 is 2.33 bits per heavy atom. The maximum absolute atomic E-state index is 11.7. The molecule has 1 heterocycles. The van der Waals surface area contributed by atoms with Crippen molar-refractivity contribution in [2.45, 2.75) is 12.8 Å². The molecule has 0 saturated carbocycles. The predicted octanol–water partition coefficient (Wildman–Crippen LogP) is 1.63. The smallest absolute Gasteiger partial charge is 0.224 e. The number of nitrogens with one attached hydrogen (secondary N) is 1. The van der Waals surface area contributed by atoms with Gasteiger partial charge in [0.05, 0.1) is 17.6 Å². The van der Waals surface area contributed by atoms with Crippen LogP contribution in [0.5, 0.6) is 0 Å². The summed E-state index contributed by atoms with van der Waals surface area (Å²) >= 11 is 1.56. The number of aromatic nitrogens is 1. The lowest BCUT2D eigenvalue weighted by Crippen LogP contribution is -2.27. The number of nitrogens with zero attached hydrogens (tertiary/aromatic N) is 1. The molecule has 0 saturated heterocycles. The van der Waals surface area contributed by atoms with E-state index in [2.05, 4.69) is 10.3 Å². The normalized spacial score (nSPS) is 10.2. The highest BCUT2D eigenvalue weighted by Gasteiger charge is 2.03. The highest BCUT2D eigenvalue weighted by Crippen LogP contribution is 2.07. The number of nitrogens with two attached hydrogens (primary N) is 1. The molecule has 0 bridgehead atoms. The number of hydrogen-bond acceptors (Lipinski definition) is 4. The van der Waals surface area contributed by atoms with E-state index in [1.165, 1.54) is 0 Å². The van der Waals surface area contributed by atoms with Gasteiger partial charge in [-0.3, -0.25) is 4.79 Å². The van der Waals surface area contributed by atoms with Gasteiger partial charge in [0.15, 0.2) is 0 Å². The molecule has 2 rings (SSSR count). The van der Waals surface area contributed by atoms with E-state index in [0.717, 1.165) is 17.7 Å². The monoisotopic (exact) mass is 261 g/mol. The van der Waals surface area contributed by atoms with Crippen molar-refractivity contribution in [3.05, 3.63) is 46.4 Å². The quantitative estimate of drug-likeness (QED) is 0.804. The standard InChI is InChI=1S/C13H15N3OS/c14-11-3-1-2-10(6-11)7-13(17)15-5-4-12-8-18-9-16-12/h1-3,6,8-9H,4-5,7,14H2,(H,15,17). The van der Waals surface area contributed by atoms with Crippen LogP contribution < -0.4 is 11.1 Å². The number of hydrogen-bond donors (Lipinski definition) is 2. The van der Waals surface area contributed by atoms with Gasteiger partial charge in [-0.05, 0) is 17.7 Å². The summed E-state index contributed by atoms with van der Waals surface area (Å²) < 4.78 is 0. The van der Waals surface area contributed by atoms with Crippen LogP contribution in [0.3, 0.4) is 0 Å². The Hall–Kier alpha value is -1.88. The van der Waals surface area contributed by atoms with E-state index in [-0.39, 0.29) is 5.91 Å². The lowest BCUT2D eigenvalue weighted by Gasteiger charge is -2.04. The summed E-state index contributed by atoms with van der Waals surface area (Å²) in [4.78, 5) is 15.8. The molecule has 18 heavy (non-hydrogen) atoms. The van der Waals surface area contributed by atoms with Gasteiger partial charge in [-0.2, -0.15) is 0 Å². The molecular weight excluding hydrogens is 246 g/mol. The van der Waals surface area contributed by atoms with E-state index < -0.39 is 0 Å². The molecule has 5 heteroatoms. The number of anilines is 1. The van der Waals surface area contributed by atoms with Crippen molar-refractivity contribution in [2.75, 3.05) is 12.3 Å². The molecule has 2 aromatic rings. The van der Waals surface area contributed by atoms with Crippen LogP contribution in [0.2, 0.25) is 0 Å². The van der Waals surface area contributed by atoms with E-state index >= 15 is 0 Å². The first-order chi connectivity index (χ1) is 8.74. The second-order valence-electron chi connectivity index (χ2n) is 4.00. The minimum Gasteiger partial charge on any atom is -0.399 e. The lowest BCUT2D eigenvalue weighted by molar-refractivity contribution is -0.120. The van der Waals surface area contributed by atoms with Crippen LogP contribution in [0.1, 0.15) is 11.3 Å². The van der Waals surface area contributed by atoms with Gasteiger partial charge < -0.3 is 11.1 Å². The summed E-state index contributed by atoms with van der Waals surface area (Å²) in [5.74, 6) is 0.0100. The molecule has 0 aliphatic heterocycles. The van der Waals surface area contributed by atoms with Gasteiger partial charge >= 0.3 is 0 Å². The molecule has 4 nitrogen and oxygen atoms in total. The Morgan fingerprint density at radius 3 is 3.06 bits per heavy atom. The Morgan fingerprint density at radius 1 is 1.44 bits per heavy atom. The first-order valence-electron chi connectivity index (χ1n) is 5.72. The van der Waals surface area contributed by atoms with Gasteiger partial charge in [0.25, 0.3) is 0 Å². The summed E-state index contributed by atoms with van der Waals surface area (Å²) in [6.45, 7) is 0.616. The Kier molecular flexibility index (Phi) is 4.30. The summed E-state index contributed by atoms with van der Waals surface area (Å²) in [6, 6.07) is 7.38. The SMILES string of the molecule is Nc1cccc(CC(=O)NCCc2cscn2)c1. The fourth-order valence-electron chi connectivity index (χ4n) is 1.64. The first-order valence-corrected chi connectivity index (χ1v) is 6.66. The third kappa shape index (κ3) is 3.85. The number of nitrogen functional groups attached to an aromatic ring is 1. The third-order valence-electron chi connectivity index (χ3n) is 2.50. The molecule has 0 aliphatic rings. The van der Waals surface area contributed by atoms with E-state index in [9.17, 15) is 4.79 Å². The molecule has 3 N–H and O–H groups in total. The van der Waals surface area contributed by atoms with Crippen LogP contribution in [-0.2, 0) is 17.6 Å². The van der Waals surface area contributed by atoms with Crippen molar-refractivity contribution in [2.24, 2.45) is 0 Å². The van der Waals surface area contributed by atoms with Crippen molar-refractivity contribution in [1.29, 1.82) is 0 Å². The number of carbonyl (C=O) groups is 1. The molecule has 94 valence electrons. The van der Waals surface area contributed by atoms with Crippen LogP contribution in [-0.4, -0.2) is 17.4 Å². The van der Waals surface area contributed by atoms with Crippen LogP contribution in [0, 0.1) is 0 Å². The molecule has 0 fully saturated rings. The van der Waals surface area contributed by atoms with Gasteiger partial charge in [-0.1, -0.05) is 12.1 Å². The highest BCUT2D eigenvalue weighted by atomic mass is 32.1. The zero-order chi connectivity index (χ0) is 12.8. The van der Waals surface area contributed by atoms with Gasteiger partial charge in [0.1, 0.15) is 0 Å². The molecule has 0 spiro atoms. The summed E-state index contributed by atoms with van der Waals surface area (Å²) in [6.07, 6.45) is 1.13. The number of carbonyl (C=O) groups excluding carboxylic acids is 1. The fraction of sp³-hybridized carbons (Fsp3) is 0.231. The fourth-order valence-corrected chi connectivity index (χ4v) is 2.23. The van der Waals surface area contributed by atoms with Crippen LogP contribution in [0.15, 0.2) is 35.2 Å². The zero-order valence-corrected chi connectivity index (χ0v) is 10.7. The summed E-state index contributed by atoms with van der Waals surface area (Å²) in [7, 11) is 0. The summed E-state index contributed by atoms with van der Waals surface area (Å²) in [5.41, 5.74) is 10.1. The van der Waals surface area contributed by atoms with E-state index in [0.29, 0.717) is 18.7 Å². The third-order valence-corrected chi connectivity index (χ3v) is 3.14. The molecule has 0 aliphatic carbocycles. The van der Waals surface area contributed by atoms with Crippen LogP contribution >= 0.6 is 11.3 Å². The molecular formula is C13H15N3OS. The van der Waals surface area contributed by atoms with Crippen molar-refractivity contribution < 1.29 is 4.79 Å². The minimum atomic E-state index is 0.0100. The van der Waals surface area contributed by atoms with E-state index in [1.807, 2.05) is 29.6 Å². The highest BCUT2D eigenvalue weighted by molar-refractivity contribution is 7.07. The molecule has 0 unspecified atom stereocenters. The Bertz CT molecular complexity index is 511. The van der Waals surface area contributed by atoms with Gasteiger partial charge in [0.2, 0.25) is 5.91 Å². The van der Waals surface area contributed by atoms with Crippen molar-refractivity contribution in [1.82, 2.24) is 10.3 Å². The molecule has 1 aromatic carbocycles. The number of benzene rings is 1. The predicted molar refractivity (Wildman–Crippen MR) is 73.4 cm³/mol. The average Bonchev–Trinajstić information content (AvgIpc) is 2.82. The van der Waals surface area contributed by atoms with Crippen LogP contribution in [0.4, 0.5) is 5.69 Å². The largest absolute Gasteiger partial charge is 0.399 e. The second kappa shape index (κ2) is 6.16. The maximum atomic E-state index is 11.7. The number of amides is 1. The van der Waals surface area contributed by atoms with E-state index in [1.54, 1.807) is 16.8 Å². The van der Waals surface area contributed by atoms with Gasteiger partial charge in [-0.25, -0.2) is 4.98 Å². The topological polar surface area (TPSA) is 68.0 Å². The molecule has 1 amide bonds. The average molecular weight is 261 g/mol. The van der Waals surface area contributed by atoms with E-state index in [4.69, 9.17) is 5.73 Å². The Balaban J connectivity index is 1.75. The first kappa shape index (κ1) is 12.6. The molecule has 1 aromatic heterocycles. The second-order valence-corrected chi connectivity index (χ2v) is 4.72. The maximum Gasteiger partial charge on any atom is 0.224 e. The van der Waals surface area contributed by atoms with Gasteiger partial charge in [0, 0.05) is 24.0 Å². The minimum absolute atomic E-state index is 0.0100. The van der Waals surface area contributed by atoms with Crippen LogP contribution in [0.25, 0.3) is 0 Å². The number of thiazole rings is 1. The molecule has 0 radical (unpaired) electrons. The van der Waals surface area contributed by atoms with Crippen molar-refractivity contribution in [3.8, 4) is 0 Å². The lowest BCUT2D eigenvalue weighted by atomic mass is 10.1. The molecule has 0 atom stereocenters.